The molecule has 1 rings (SSSR count). The molecule has 0 amide bonds. The minimum absolute atomic E-state index is 0.0665. The molecule has 12 heavy (non-hydrogen) atoms. The molecule has 0 aliphatic rings. The van der Waals surface area contributed by atoms with Gasteiger partial charge < -0.3 is 10.4 Å². The first kappa shape index (κ1) is 8.93. The molecule has 0 fully saturated rings. The zero-order chi connectivity index (χ0) is 9.03. The van der Waals surface area contributed by atoms with Crippen molar-refractivity contribution in [2.75, 3.05) is 11.9 Å². The van der Waals surface area contributed by atoms with E-state index in [9.17, 15) is 0 Å². The van der Waals surface area contributed by atoms with Crippen LogP contribution in [0.15, 0.2) is 18.6 Å². The molecule has 0 saturated carbocycles. The Morgan fingerprint density at radius 3 is 2.83 bits per heavy atom. The Kier molecular flexibility index (Phi) is 2.60. The van der Waals surface area contributed by atoms with Crippen LogP contribution in [-0.4, -0.2) is 27.2 Å². The second kappa shape index (κ2) is 3.49. The van der Waals surface area contributed by atoms with E-state index in [1.54, 1.807) is 12.3 Å². The number of rotatable bonds is 3. The van der Waals surface area contributed by atoms with E-state index in [4.69, 9.17) is 5.11 Å². The summed E-state index contributed by atoms with van der Waals surface area (Å²) in [6.07, 6.45) is 3.12. The van der Waals surface area contributed by atoms with Crippen LogP contribution >= 0.6 is 0 Å². The first-order valence-electron chi connectivity index (χ1n) is 3.79. The van der Waals surface area contributed by atoms with Gasteiger partial charge in [-0.15, -0.1) is 0 Å². The molecule has 0 atom stereocenters. The molecule has 4 nitrogen and oxygen atoms in total. The molecule has 0 aliphatic carbocycles. The minimum Gasteiger partial charge on any atom is -0.394 e. The van der Waals surface area contributed by atoms with Crippen LogP contribution in [0.4, 0.5) is 5.82 Å². The molecular weight excluding hydrogens is 154 g/mol. The van der Waals surface area contributed by atoms with E-state index < -0.39 is 0 Å². The number of anilines is 1. The lowest BCUT2D eigenvalue weighted by Gasteiger charge is -2.23. The van der Waals surface area contributed by atoms with Gasteiger partial charge in [-0.3, -0.25) is 0 Å². The van der Waals surface area contributed by atoms with Gasteiger partial charge in [0.1, 0.15) is 12.1 Å². The summed E-state index contributed by atoms with van der Waals surface area (Å²) in [5.74, 6) is 0.726. The fraction of sp³-hybridized carbons (Fsp3) is 0.500. The van der Waals surface area contributed by atoms with Crippen molar-refractivity contribution >= 4 is 5.82 Å². The van der Waals surface area contributed by atoms with Crippen LogP contribution in [0.5, 0.6) is 0 Å². The van der Waals surface area contributed by atoms with Crippen molar-refractivity contribution in [1.82, 2.24) is 9.97 Å². The normalized spacial score (nSPS) is 11.2. The average molecular weight is 167 g/mol. The molecule has 66 valence electrons. The number of nitrogens with zero attached hydrogens (tertiary/aromatic N) is 2. The topological polar surface area (TPSA) is 58.0 Å². The molecule has 0 unspecified atom stereocenters. The van der Waals surface area contributed by atoms with Gasteiger partial charge >= 0.3 is 0 Å². The molecular formula is C8H13N3O. The SMILES string of the molecule is CC(C)(CO)Nc1ccncn1. The Hall–Kier alpha value is -1.16. The summed E-state index contributed by atoms with van der Waals surface area (Å²) in [6, 6.07) is 1.76. The van der Waals surface area contributed by atoms with Crippen molar-refractivity contribution in [2.45, 2.75) is 19.4 Å². The molecule has 1 heterocycles. The minimum atomic E-state index is -0.339. The van der Waals surface area contributed by atoms with Crippen LogP contribution in [0.25, 0.3) is 0 Å². The molecule has 0 radical (unpaired) electrons. The van der Waals surface area contributed by atoms with Crippen molar-refractivity contribution in [3.8, 4) is 0 Å². The van der Waals surface area contributed by atoms with Gasteiger partial charge in [-0.25, -0.2) is 9.97 Å². The van der Waals surface area contributed by atoms with Crippen LogP contribution in [0.2, 0.25) is 0 Å². The molecule has 0 spiro atoms. The van der Waals surface area contributed by atoms with Crippen molar-refractivity contribution in [1.29, 1.82) is 0 Å². The number of hydrogen-bond acceptors (Lipinski definition) is 4. The number of nitrogens with one attached hydrogen (secondary N) is 1. The number of aromatic nitrogens is 2. The summed E-state index contributed by atoms with van der Waals surface area (Å²) in [6.45, 7) is 3.86. The van der Waals surface area contributed by atoms with Gasteiger partial charge in [0.05, 0.1) is 12.1 Å². The van der Waals surface area contributed by atoms with Crippen molar-refractivity contribution in [3.63, 3.8) is 0 Å². The Bertz CT molecular complexity index is 235. The largest absolute Gasteiger partial charge is 0.394 e. The lowest BCUT2D eigenvalue weighted by molar-refractivity contribution is 0.234. The second-order valence-corrected chi connectivity index (χ2v) is 3.26. The maximum atomic E-state index is 8.95. The van der Waals surface area contributed by atoms with Crippen LogP contribution in [0, 0.1) is 0 Å². The van der Waals surface area contributed by atoms with E-state index in [1.807, 2.05) is 13.8 Å². The highest BCUT2D eigenvalue weighted by atomic mass is 16.3. The quantitative estimate of drug-likeness (QED) is 0.694. The second-order valence-electron chi connectivity index (χ2n) is 3.26. The summed E-state index contributed by atoms with van der Waals surface area (Å²) in [7, 11) is 0. The summed E-state index contributed by atoms with van der Waals surface area (Å²) < 4.78 is 0. The number of aliphatic hydroxyl groups excluding tert-OH is 1. The Balaban J connectivity index is 2.64. The van der Waals surface area contributed by atoms with Gasteiger partial charge in [-0.2, -0.15) is 0 Å². The molecule has 0 bridgehead atoms. The summed E-state index contributed by atoms with van der Waals surface area (Å²) in [4.78, 5) is 7.77. The molecule has 0 aromatic carbocycles. The van der Waals surface area contributed by atoms with E-state index in [-0.39, 0.29) is 12.1 Å². The van der Waals surface area contributed by atoms with Crippen molar-refractivity contribution in [3.05, 3.63) is 18.6 Å². The zero-order valence-electron chi connectivity index (χ0n) is 7.28. The molecule has 1 aromatic rings. The smallest absolute Gasteiger partial charge is 0.129 e. The predicted molar refractivity (Wildman–Crippen MR) is 46.8 cm³/mol. The lowest BCUT2D eigenvalue weighted by Crippen LogP contribution is -2.35. The predicted octanol–water partition coefficient (Wildman–Crippen LogP) is 0.659. The monoisotopic (exact) mass is 167 g/mol. The number of aliphatic hydroxyl groups is 1. The summed E-state index contributed by atoms with van der Waals surface area (Å²) in [5.41, 5.74) is -0.339. The maximum absolute atomic E-state index is 8.95. The van der Waals surface area contributed by atoms with Gasteiger partial charge in [-0.1, -0.05) is 0 Å². The molecule has 4 heteroatoms. The summed E-state index contributed by atoms with van der Waals surface area (Å²) in [5, 5.41) is 12.0. The fourth-order valence-corrected chi connectivity index (χ4v) is 0.751. The van der Waals surface area contributed by atoms with Gasteiger partial charge in [-0.05, 0) is 19.9 Å². The molecule has 1 aromatic heterocycles. The van der Waals surface area contributed by atoms with Gasteiger partial charge in [0.2, 0.25) is 0 Å². The fourth-order valence-electron chi connectivity index (χ4n) is 0.751. The Morgan fingerprint density at radius 2 is 2.33 bits per heavy atom. The van der Waals surface area contributed by atoms with Gasteiger partial charge in [0.15, 0.2) is 0 Å². The first-order valence-corrected chi connectivity index (χ1v) is 3.79. The van der Waals surface area contributed by atoms with Gasteiger partial charge in [0, 0.05) is 6.20 Å². The van der Waals surface area contributed by atoms with E-state index in [0.29, 0.717) is 0 Å². The van der Waals surface area contributed by atoms with Crippen LogP contribution in [-0.2, 0) is 0 Å². The van der Waals surface area contributed by atoms with E-state index >= 15 is 0 Å². The van der Waals surface area contributed by atoms with E-state index in [2.05, 4.69) is 15.3 Å². The van der Waals surface area contributed by atoms with E-state index in [0.717, 1.165) is 5.82 Å². The van der Waals surface area contributed by atoms with Crippen molar-refractivity contribution in [2.24, 2.45) is 0 Å². The molecule has 0 saturated heterocycles. The first-order chi connectivity index (χ1) is 5.64. The third-order valence-electron chi connectivity index (χ3n) is 1.44. The Labute approximate surface area is 71.7 Å². The standard InChI is InChI=1S/C8H13N3O/c1-8(2,5-12)11-7-3-4-9-6-10-7/h3-4,6,12H,5H2,1-2H3,(H,9,10,11). The van der Waals surface area contributed by atoms with Crippen LogP contribution < -0.4 is 5.32 Å². The zero-order valence-corrected chi connectivity index (χ0v) is 7.28. The van der Waals surface area contributed by atoms with Crippen LogP contribution in [0.1, 0.15) is 13.8 Å². The molecule has 2 N–H and O–H groups in total. The van der Waals surface area contributed by atoms with Crippen LogP contribution in [0.3, 0.4) is 0 Å². The highest BCUT2D eigenvalue weighted by Crippen LogP contribution is 2.09. The van der Waals surface area contributed by atoms with Gasteiger partial charge in [0.25, 0.3) is 0 Å². The van der Waals surface area contributed by atoms with E-state index in [1.165, 1.54) is 6.33 Å². The van der Waals surface area contributed by atoms with Crippen molar-refractivity contribution < 1.29 is 5.11 Å². The highest BCUT2D eigenvalue weighted by molar-refractivity contribution is 5.34. The number of hydrogen-bond donors (Lipinski definition) is 2. The highest BCUT2D eigenvalue weighted by Gasteiger charge is 2.15. The third kappa shape index (κ3) is 2.47. The lowest BCUT2D eigenvalue weighted by atomic mass is 10.1. The molecule has 0 aliphatic heterocycles. The Morgan fingerprint density at radius 1 is 1.58 bits per heavy atom. The average Bonchev–Trinajstić information content (AvgIpc) is 2.06. The maximum Gasteiger partial charge on any atom is 0.129 e. The summed E-state index contributed by atoms with van der Waals surface area (Å²) >= 11 is 0. The third-order valence-corrected chi connectivity index (χ3v) is 1.44.